The largest absolute Gasteiger partial charge is 0.495 e. The number of aromatic nitrogens is 6. The lowest BCUT2D eigenvalue weighted by atomic mass is 10.0. The number of nitrogens with two attached hydrogens (primary N) is 1. The summed E-state index contributed by atoms with van der Waals surface area (Å²) in [6, 6.07) is 24.7. The fraction of sp³-hybridized carbons (Fsp3) is 0.158. The van der Waals surface area contributed by atoms with Gasteiger partial charge in [-0.3, -0.25) is 19.8 Å². The number of hydrogen-bond donors (Lipinski definition) is 2. The molecule has 2 aliphatic rings. The highest BCUT2D eigenvalue weighted by Gasteiger charge is 2.43. The van der Waals surface area contributed by atoms with E-state index in [9.17, 15) is 23.6 Å². The SMILES string of the molecule is CCn1cnc(-c2cc3nccc(Oc4ccc(C5CN(C(N)=O)C(=O)N5c5ccccc5OC)cc4F)c3s2)c1.CCn1cnc(-c2cc3nccc(Oc4ccc(NC(=O)N5CCN(c6ccccc6F)C5=O)cc4F)c3s2)c1. The van der Waals surface area contributed by atoms with Gasteiger partial charge in [-0.25, -0.2) is 52.1 Å². The molecule has 4 aromatic carbocycles. The van der Waals surface area contributed by atoms with Crippen LogP contribution in [0.4, 0.5) is 49.4 Å². The summed E-state index contributed by atoms with van der Waals surface area (Å²) in [5.41, 5.74) is 9.66. The van der Waals surface area contributed by atoms with Crippen molar-refractivity contribution in [2.45, 2.75) is 33.0 Å². The first-order valence-corrected chi connectivity index (χ1v) is 26.9. The van der Waals surface area contributed by atoms with Gasteiger partial charge in [0.05, 0.1) is 91.8 Å². The zero-order chi connectivity index (χ0) is 56.5. The van der Waals surface area contributed by atoms with Gasteiger partial charge in [0.2, 0.25) is 0 Å². The van der Waals surface area contributed by atoms with Gasteiger partial charge in [-0.1, -0.05) is 30.3 Å². The Bertz CT molecular complexity index is 4050. The Kier molecular flexibility index (Phi) is 14.8. The van der Waals surface area contributed by atoms with Gasteiger partial charge < -0.3 is 34.4 Å². The maximum atomic E-state index is 15.5. The molecule has 3 N–H and O–H groups in total. The van der Waals surface area contributed by atoms with Crippen molar-refractivity contribution in [3.63, 3.8) is 0 Å². The van der Waals surface area contributed by atoms with Crippen molar-refractivity contribution < 1.29 is 46.6 Å². The molecule has 1 atom stereocenters. The van der Waals surface area contributed by atoms with E-state index in [1.165, 1.54) is 82.0 Å². The summed E-state index contributed by atoms with van der Waals surface area (Å²) in [5, 5.41) is 2.52. The van der Waals surface area contributed by atoms with Crippen LogP contribution in [0.2, 0.25) is 0 Å². The number of fused-ring (bicyclic) bond motifs is 2. The lowest BCUT2D eigenvalue weighted by Gasteiger charge is -2.25. The van der Waals surface area contributed by atoms with E-state index < -0.39 is 47.6 Å². The number of pyridine rings is 2. The summed E-state index contributed by atoms with van der Waals surface area (Å²) in [5.74, 6) is -0.616. The molecule has 2 saturated heterocycles. The lowest BCUT2D eigenvalue weighted by Crippen LogP contribution is -2.39. The third-order valence-corrected chi connectivity index (χ3v) is 15.7. The average Bonchev–Trinajstić information content (AvgIpc) is 4.54. The molecule has 24 heteroatoms. The van der Waals surface area contributed by atoms with E-state index in [4.69, 9.17) is 19.9 Å². The number of anilines is 3. The van der Waals surface area contributed by atoms with Crippen LogP contribution in [0.15, 0.2) is 147 Å². The maximum absolute atomic E-state index is 15.5. The van der Waals surface area contributed by atoms with Gasteiger partial charge in [-0.05, 0) is 80.1 Å². The smallest absolute Gasteiger partial charge is 0.333 e. The number of thiophene rings is 2. The highest BCUT2D eigenvalue weighted by Crippen LogP contribution is 2.43. The van der Waals surface area contributed by atoms with Crippen molar-refractivity contribution in [1.82, 2.24) is 38.9 Å². The van der Waals surface area contributed by atoms with Gasteiger partial charge in [0.15, 0.2) is 23.1 Å². The molecule has 1 unspecified atom stereocenters. The number of amides is 8. The van der Waals surface area contributed by atoms with Gasteiger partial charge in [0, 0.05) is 68.3 Å². The van der Waals surface area contributed by atoms with Crippen molar-refractivity contribution in [2.75, 3.05) is 41.9 Å². The molecule has 2 aliphatic heterocycles. The van der Waals surface area contributed by atoms with E-state index in [1.54, 1.807) is 73.6 Å². The van der Waals surface area contributed by atoms with Crippen LogP contribution in [0, 0.1) is 17.5 Å². The number of halogens is 3. The minimum atomic E-state index is -0.892. The van der Waals surface area contributed by atoms with Crippen LogP contribution in [0.3, 0.4) is 0 Å². The van der Waals surface area contributed by atoms with E-state index in [0.717, 1.165) is 59.5 Å². The third kappa shape index (κ3) is 10.6. The molecule has 410 valence electrons. The number of benzene rings is 4. The number of ether oxygens (including phenoxy) is 3. The van der Waals surface area contributed by atoms with Crippen LogP contribution in [0.5, 0.6) is 28.7 Å². The standard InChI is InChI=1S/C29H25FN6O4S.C28H22F2N6O3S/c1-3-34-14-20(33-16-34)26-13-19-27(41-26)25(10-11-32-19)40-23-9-8-17(12-18(23)30)22-15-35(28(31)37)29(38)36(22)21-6-4-5-7-24(21)39-2;1-2-34-15-21(32-16-34)25-14-20-26(40-25)24(9-10-31-20)39-23-8-7-17(13-19(23)30)33-27(37)36-12-11-35(28(36)38)22-6-4-3-5-18(22)29/h4-14,16,22H,3,15H2,1-2H3,(H2,31,37);3-10,13-16H,2,11-12H2,1H3,(H,33,37). The van der Waals surface area contributed by atoms with Crippen LogP contribution in [0.1, 0.15) is 25.5 Å². The van der Waals surface area contributed by atoms with E-state index in [2.05, 4.69) is 25.3 Å². The molecule has 0 bridgehead atoms. The molecule has 6 aromatic heterocycles. The Morgan fingerprint density at radius 2 is 1.22 bits per heavy atom. The number of rotatable bonds is 13. The molecule has 12 rings (SSSR count). The monoisotopic (exact) mass is 1130 g/mol. The first-order valence-electron chi connectivity index (χ1n) is 25.2. The second kappa shape index (κ2) is 22.5. The van der Waals surface area contributed by atoms with Gasteiger partial charge in [0.1, 0.15) is 23.1 Å². The molecule has 8 heterocycles. The predicted octanol–water partition coefficient (Wildman–Crippen LogP) is 12.9. The minimum Gasteiger partial charge on any atom is -0.495 e. The number of primary amides is 1. The summed E-state index contributed by atoms with van der Waals surface area (Å²) in [6.45, 7) is 5.83. The number of methoxy groups -OCH3 is 1. The first kappa shape index (κ1) is 53.2. The molecule has 0 saturated carbocycles. The highest BCUT2D eigenvalue weighted by molar-refractivity contribution is 7.23. The number of imidazole rings is 2. The van der Waals surface area contributed by atoms with Crippen LogP contribution in [-0.2, 0) is 13.1 Å². The summed E-state index contributed by atoms with van der Waals surface area (Å²) >= 11 is 2.91. The van der Waals surface area contributed by atoms with Gasteiger partial charge >= 0.3 is 24.1 Å². The molecule has 0 radical (unpaired) electrons. The number of para-hydroxylation sites is 3. The Balaban J connectivity index is 0.000000170. The summed E-state index contributed by atoms with van der Waals surface area (Å²) in [6.07, 6.45) is 10.6. The molecular weight excluding hydrogens is 1090 g/mol. The highest BCUT2D eigenvalue weighted by atomic mass is 32.1. The molecule has 10 aromatic rings. The number of nitrogens with zero attached hydrogens (tertiary/aromatic N) is 10. The van der Waals surface area contributed by atoms with Crippen LogP contribution in [0.25, 0.3) is 41.6 Å². The van der Waals surface area contributed by atoms with Gasteiger partial charge in [-0.2, -0.15) is 0 Å². The molecule has 0 spiro atoms. The predicted molar refractivity (Wildman–Crippen MR) is 301 cm³/mol. The quantitative estimate of drug-likeness (QED) is 0.111. The normalized spacial score (nSPS) is 14.2. The van der Waals surface area contributed by atoms with Crippen molar-refractivity contribution in [3.8, 4) is 49.9 Å². The second-order valence-corrected chi connectivity index (χ2v) is 20.3. The minimum absolute atomic E-state index is 0.00591. The zero-order valence-corrected chi connectivity index (χ0v) is 45.0. The number of nitrogens with one attached hydrogen (secondary N) is 1. The molecule has 8 amide bonds. The van der Waals surface area contributed by atoms with E-state index in [-0.39, 0.29) is 42.5 Å². The topological polar surface area (TPSA) is 208 Å². The number of carbonyl (C=O) groups excluding carboxylic acids is 4. The third-order valence-electron chi connectivity index (χ3n) is 13.3. The Labute approximate surface area is 467 Å². The first-order chi connectivity index (χ1) is 39.3. The molecule has 2 fully saturated rings. The number of urea groups is 4. The van der Waals surface area contributed by atoms with Crippen molar-refractivity contribution in [1.29, 1.82) is 0 Å². The van der Waals surface area contributed by atoms with E-state index in [1.807, 2.05) is 47.5 Å². The van der Waals surface area contributed by atoms with E-state index in [0.29, 0.717) is 39.5 Å². The Morgan fingerprint density at radius 3 is 1.78 bits per heavy atom. The summed E-state index contributed by atoms with van der Waals surface area (Å²) in [4.78, 5) is 74.8. The van der Waals surface area contributed by atoms with Crippen molar-refractivity contribution in [2.24, 2.45) is 5.73 Å². The summed E-state index contributed by atoms with van der Waals surface area (Å²) in [7, 11) is 1.48. The van der Waals surface area contributed by atoms with Crippen LogP contribution in [-0.4, -0.2) is 89.7 Å². The fourth-order valence-electron chi connectivity index (χ4n) is 9.21. The Morgan fingerprint density at radius 1 is 0.642 bits per heavy atom. The van der Waals surface area contributed by atoms with Crippen molar-refractivity contribution in [3.05, 3.63) is 170 Å². The second-order valence-electron chi connectivity index (χ2n) is 18.2. The maximum Gasteiger partial charge on any atom is 0.333 e. The van der Waals surface area contributed by atoms with Crippen LogP contribution >= 0.6 is 22.7 Å². The lowest BCUT2D eigenvalue weighted by molar-refractivity contribution is 0.205. The van der Waals surface area contributed by atoms with Gasteiger partial charge in [-0.15, -0.1) is 22.7 Å². The summed E-state index contributed by atoms with van der Waals surface area (Å²) < 4.78 is 67.6. The number of carbonyl (C=O) groups is 4. The fourth-order valence-corrected chi connectivity index (χ4v) is 11.3. The Hall–Kier alpha value is -9.81. The van der Waals surface area contributed by atoms with E-state index >= 15 is 8.78 Å². The number of hydrogen-bond acceptors (Lipinski definition) is 13. The molecule has 0 aliphatic carbocycles. The molecule has 19 nitrogen and oxygen atoms in total. The molecular formula is C57H47F3N12O7S2. The average molecular weight is 1130 g/mol. The number of imide groups is 2. The van der Waals surface area contributed by atoms with Crippen molar-refractivity contribution >= 4 is 84.3 Å². The number of aryl methyl sites for hydroxylation is 2. The van der Waals surface area contributed by atoms with Crippen LogP contribution < -0.4 is 35.1 Å². The molecule has 81 heavy (non-hydrogen) atoms. The van der Waals surface area contributed by atoms with Gasteiger partial charge in [0.25, 0.3) is 0 Å². The zero-order valence-electron chi connectivity index (χ0n) is 43.3.